The van der Waals surface area contributed by atoms with E-state index in [1.165, 1.54) is 0 Å². The van der Waals surface area contributed by atoms with Gasteiger partial charge in [-0.3, -0.25) is 14.4 Å². The first-order chi connectivity index (χ1) is 9.52. The van der Waals surface area contributed by atoms with Gasteiger partial charge in [-0.15, -0.1) is 0 Å². The van der Waals surface area contributed by atoms with Crippen molar-refractivity contribution in [1.29, 1.82) is 0 Å². The minimum atomic E-state index is -0.916. The number of hydrogen-bond acceptors (Lipinski definition) is 4. The van der Waals surface area contributed by atoms with Gasteiger partial charge >= 0.3 is 5.97 Å². The highest BCUT2D eigenvalue weighted by Crippen LogP contribution is 2.20. The predicted molar refractivity (Wildman–Crippen MR) is 74.3 cm³/mol. The van der Waals surface area contributed by atoms with Gasteiger partial charge in [0.15, 0.2) is 0 Å². The standard InChI is InChI=1S/C14H23N3O3/c1-3-5-17-10(2)11(7-15-17)8-16-6-4-13(18)12(9-16)14(19)20/h7,12-13,18H,3-6,8-9H2,1-2H3,(H,19,20)/t12-,13+/m1/s1. The molecular formula is C14H23N3O3. The Labute approximate surface area is 119 Å². The molecule has 1 aliphatic rings. The van der Waals surface area contributed by atoms with E-state index in [0.717, 1.165) is 30.8 Å². The molecule has 1 aromatic heterocycles. The number of aromatic nitrogens is 2. The minimum absolute atomic E-state index is 0.398. The lowest BCUT2D eigenvalue weighted by Gasteiger charge is -2.33. The van der Waals surface area contributed by atoms with E-state index in [1.54, 1.807) is 0 Å². The topological polar surface area (TPSA) is 78.6 Å². The summed E-state index contributed by atoms with van der Waals surface area (Å²) in [6.45, 7) is 6.89. The summed E-state index contributed by atoms with van der Waals surface area (Å²) in [5.74, 6) is -1.60. The highest BCUT2D eigenvalue weighted by atomic mass is 16.4. The van der Waals surface area contributed by atoms with Crippen LogP contribution in [-0.2, 0) is 17.9 Å². The van der Waals surface area contributed by atoms with Gasteiger partial charge in [0.05, 0.1) is 18.2 Å². The van der Waals surface area contributed by atoms with Crippen LogP contribution in [0.15, 0.2) is 6.20 Å². The summed E-state index contributed by atoms with van der Waals surface area (Å²) in [6, 6.07) is 0. The maximum absolute atomic E-state index is 11.1. The quantitative estimate of drug-likeness (QED) is 0.837. The molecule has 0 radical (unpaired) electrons. The van der Waals surface area contributed by atoms with Crippen LogP contribution in [0.3, 0.4) is 0 Å². The van der Waals surface area contributed by atoms with Gasteiger partial charge in [0.2, 0.25) is 0 Å². The van der Waals surface area contributed by atoms with Gasteiger partial charge < -0.3 is 10.2 Å². The molecule has 0 unspecified atom stereocenters. The molecule has 0 saturated carbocycles. The molecule has 0 amide bonds. The Kier molecular flexibility index (Phi) is 4.77. The minimum Gasteiger partial charge on any atom is -0.481 e. The third kappa shape index (κ3) is 3.19. The number of nitrogens with zero attached hydrogens (tertiary/aromatic N) is 3. The van der Waals surface area contributed by atoms with Crippen LogP contribution in [0, 0.1) is 12.8 Å². The zero-order valence-electron chi connectivity index (χ0n) is 12.1. The van der Waals surface area contributed by atoms with Crippen molar-refractivity contribution in [1.82, 2.24) is 14.7 Å². The van der Waals surface area contributed by atoms with Gasteiger partial charge in [-0.05, 0) is 19.8 Å². The van der Waals surface area contributed by atoms with Crippen LogP contribution >= 0.6 is 0 Å². The molecular weight excluding hydrogens is 258 g/mol. The Bertz CT molecular complexity index is 472. The maximum Gasteiger partial charge on any atom is 0.310 e. The van der Waals surface area contributed by atoms with Crippen molar-refractivity contribution in [2.75, 3.05) is 13.1 Å². The van der Waals surface area contributed by atoms with Crippen LogP contribution in [0.2, 0.25) is 0 Å². The highest BCUT2D eigenvalue weighted by Gasteiger charge is 2.33. The van der Waals surface area contributed by atoms with Crippen molar-refractivity contribution in [3.8, 4) is 0 Å². The molecule has 0 spiro atoms. The molecule has 1 saturated heterocycles. The van der Waals surface area contributed by atoms with E-state index in [-0.39, 0.29) is 0 Å². The zero-order valence-corrected chi connectivity index (χ0v) is 12.1. The third-order valence-electron chi connectivity index (χ3n) is 4.01. The smallest absolute Gasteiger partial charge is 0.310 e. The molecule has 2 N–H and O–H groups in total. The number of carboxylic acids is 1. The van der Waals surface area contributed by atoms with E-state index in [4.69, 9.17) is 5.11 Å². The average Bonchev–Trinajstić information content (AvgIpc) is 2.74. The van der Waals surface area contributed by atoms with E-state index in [9.17, 15) is 9.90 Å². The molecule has 0 bridgehead atoms. The summed E-state index contributed by atoms with van der Waals surface area (Å²) < 4.78 is 1.99. The number of rotatable bonds is 5. The molecule has 1 fully saturated rings. The van der Waals surface area contributed by atoms with E-state index >= 15 is 0 Å². The van der Waals surface area contributed by atoms with E-state index in [0.29, 0.717) is 19.5 Å². The summed E-state index contributed by atoms with van der Waals surface area (Å²) in [6.07, 6.45) is 2.69. The van der Waals surface area contributed by atoms with Crippen LogP contribution < -0.4 is 0 Å². The number of aryl methyl sites for hydroxylation is 1. The van der Waals surface area contributed by atoms with Crippen LogP contribution in [0.4, 0.5) is 0 Å². The number of aliphatic hydroxyl groups is 1. The molecule has 6 heteroatoms. The van der Waals surface area contributed by atoms with Gasteiger partial charge in [0.25, 0.3) is 0 Å². The fraction of sp³-hybridized carbons (Fsp3) is 0.714. The molecule has 112 valence electrons. The van der Waals surface area contributed by atoms with Gasteiger partial charge in [0, 0.05) is 37.4 Å². The number of likely N-dealkylation sites (tertiary alicyclic amines) is 1. The number of carbonyl (C=O) groups is 1. The highest BCUT2D eigenvalue weighted by molar-refractivity contribution is 5.71. The first-order valence-corrected chi connectivity index (χ1v) is 7.17. The Morgan fingerprint density at radius 2 is 2.30 bits per heavy atom. The Morgan fingerprint density at radius 3 is 2.95 bits per heavy atom. The number of aliphatic hydroxyl groups excluding tert-OH is 1. The summed E-state index contributed by atoms with van der Waals surface area (Å²) >= 11 is 0. The molecule has 2 heterocycles. The summed E-state index contributed by atoms with van der Waals surface area (Å²) in [7, 11) is 0. The lowest BCUT2D eigenvalue weighted by molar-refractivity contribution is -0.149. The van der Waals surface area contributed by atoms with Gasteiger partial charge in [-0.2, -0.15) is 5.10 Å². The van der Waals surface area contributed by atoms with Crippen molar-refractivity contribution in [3.05, 3.63) is 17.5 Å². The summed E-state index contributed by atoms with van der Waals surface area (Å²) in [5, 5.41) is 23.2. The fourth-order valence-corrected chi connectivity index (χ4v) is 2.71. The SMILES string of the molecule is CCCn1ncc(CN2CC[C@H](O)[C@H](C(=O)O)C2)c1C. The number of hydrogen-bond donors (Lipinski definition) is 2. The number of piperidine rings is 1. The Balaban J connectivity index is 2.01. The van der Waals surface area contributed by atoms with E-state index in [1.807, 2.05) is 17.8 Å². The first-order valence-electron chi connectivity index (χ1n) is 7.17. The van der Waals surface area contributed by atoms with Crippen LogP contribution in [0.1, 0.15) is 31.0 Å². The monoisotopic (exact) mass is 281 g/mol. The molecule has 2 rings (SSSR count). The predicted octanol–water partition coefficient (Wildman–Crippen LogP) is 0.869. The largest absolute Gasteiger partial charge is 0.481 e. The van der Waals surface area contributed by atoms with Crippen LogP contribution in [0.25, 0.3) is 0 Å². The van der Waals surface area contributed by atoms with Gasteiger partial charge in [-0.1, -0.05) is 6.92 Å². The molecule has 6 nitrogen and oxygen atoms in total. The van der Waals surface area contributed by atoms with Gasteiger partial charge in [0.1, 0.15) is 0 Å². The van der Waals surface area contributed by atoms with E-state index in [2.05, 4.69) is 16.9 Å². The zero-order chi connectivity index (χ0) is 14.7. The fourth-order valence-electron chi connectivity index (χ4n) is 2.71. The Morgan fingerprint density at radius 1 is 1.55 bits per heavy atom. The Hall–Kier alpha value is -1.40. The average molecular weight is 281 g/mol. The second kappa shape index (κ2) is 6.37. The number of aliphatic carboxylic acids is 1. The second-order valence-electron chi connectivity index (χ2n) is 5.51. The van der Waals surface area contributed by atoms with Crippen molar-refractivity contribution in [2.45, 2.75) is 45.9 Å². The summed E-state index contributed by atoms with van der Waals surface area (Å²) in [5.41, 5.74) is 2.28. The van der Waals surface area contributed by atoms with Crippen molar-refractivity contribution >= 4 is 5.97 Å². The van der Waals surface area contributed by atoms with Crippen molar-refractivity contribution in [3.63, 3.8) is 0 Å². The molecule has 20 heavy (non-hydrogen) atoms. The molecule has 2 atom stereocenters. The van der Waals surface area contributed by atoms with Crippen molar-refractivity contribution in [2.24, 2.45) is 5.92 Å². The van der Waals surface area contributed by atoms with Crippen LogP contribution in [-0.4, -0.2) is 50.1 Å². The number of carboxylic acid groups (broad SMARTS) is 1. The summed E-state index contributed by atoms with van der Waals surface area (Å²) in [4.78, 5) is 13.2. The normalized spacial score (nSPS) is 23.9. The second-order valence-corrected chi connectivity index (χ2v) is 5.51. The molecule has 0 aliphatic carbocycles. The third-order valence-corrected chi connectivity index (χ3v) is 4.01. The lowest BCUT2D eigenvalue weighted by atomic mass is 9.94. The maximum atomic E-state index is 11.1. The van der Waals surface area contributed by atoms with Gasteiger partial charge in [-0.25, -0.2) is 0 Å². The van der Waals surface area contributed by atoms with Crippen molar-refractivity contribution < 1.29 is 15.0 Å². The van der Waals surface area contributed by atoms with Crippen LogP contribution in [0.5, 0.6) is 0 Å². The molecule has 1 aromatic rings. The molecule has 1 aliphatic heterocycles. The lowest BCUT2D eigenvalue weighted by Crippen LogP contribution is -2.46. The van der Waals surface area contributed by atoms with E-state index < -0.39 is 18.0 Å². The molecule has 0 aromatic carbocycles. The first kappa shape index (κ1) is 15.0.